The zero-order valence-corrected chi connectivity index (χ0v) is 14.1. The minimum atomic E-state index is -1.01. The summed E-state index contributed by atoms with van der Waals surface area (Å²) in [4.78, 5) is 26.6. The van der Waals surface area contributed by atoms with Crippen molar-refractivity contribution in [2.24, 2.45) is 0 Å². The summed E-state index contributed by atoms with van der Waals surface area (Å²) in [6.07, 6.45) is 0. The van der Waals surface area contributed by atoms with Crippen molar-refractivity contribution in [2.45, 2.75) is 19.4 Å². The number of carbonyl (C=O) groups is 2. The van der Waals surface area contributed by atoms with Gasteiger partial charge >= 0.3 is 0 Å². The Labute approximate surface area is 145 Å². The van der Waals surface area contributed by atoms with Crippen LogP contribution in [0.3, 0.4) is 0 Å². The number of nitrogens with zero attached hydrogens (tertiary/aromatic N) is 1. The lowest BCUT2D eigenvalue weighted by Gasteiger charge is -2.41. The standard InChI is InChI=1S/C18H17ClN2O3/c1-18(2)17(23)20-14-8-3-4-9-15(14)21(18)16(22)11-24-13-7-5-6-12(19)10-13/h3-10H,11H2,1-2H3,(H,20,23). The lowest BCUT2D eigenvalue weighted by atomic mass is 9.96. The number of anilines is 2. The second-order valence-corrected chi connectivity index (χ2v) is 6.44. The molecule has 0 bridgehead atoms. The number of rotatable bonds is 3. The van der Waals surface area contributed by atoms with E-state index in [4.69, 9.17) is 16.3 Å². The summed E-state index contributed by atoms with van der Waals surface area (Å²) in [5.74, 6) is -0.0389. The van der Waals surface area contributed by atoms with E-state index in [-0.39, 0.29) is 18.4 Å². The monoisotopic (exact) mass is 344 g/mol. The third-order valence-corrected chi connectivity index (χ3v) is 4.15. The molecule has 0 saturated carbocycles. The number of hydrogen-bond donors (Lipinski definition) is 1. The highest BCUT2D eigenvalue weighted by Crippen LogP contribution is 2.36. The number of nitrogens with one attached hydrogen (secondary N) is 1. The van der Waals surface area contributed by atoms with Crippen LogP contribution in [0.15, 0.2) is 48.5 Å². The first-order valence-corrected chi connectivity index (χ1v) is 7.89. The van der Waals surface area contributed by atoms with Crippen LogP contribution in [0.1, 0.15) is 13.8 Å². The molecular weight excluding hydrogens is 328 g/mol. The van der Waals surface area contributed by atoms with Crippen LogP contribution in [0.5, 0.6) is 5.75 Å². The molecule has 2 amide bonds. The summed E-state index contributed by atoms with van der Waals surface area (Å²) in [7, 11) is 0. The predicted octanol–water partition coefficient (Wildman–Crippen LogP) is 3.48. The molecule has 0 unspecified atom stereocenters. The Bertz CT molecular complexity index is 804. The van der Waals surface area contributed by atoms with E-state index in [9.17, 15) is 9.59 Å². The van der Waals surface area contributed by atoms with Gasteiger partial charge in [0.15, 0.2) is 6.61 Å². The second kappa shape index (κ2) is 6.17. The maximum absolute atomic E-state index is 12.8. The van der Waals surface area contributed by atoms with Crippen molar-refractivity contribution in [2.75, 3.05) is 16.8 Å². The molecule has 0 saturated heterocycles. The van der Waals surface area contributed by atoms with Gasteiger partial charge in [-0.1, -0.05) is 29.8 Å². The number of ether oxygens (including phenoxy) is 1. The Morgan fingerprint density at radius 2 is 1.96 bits per heavy atom. The highest BCUT2D eigenvalue weighted by molar-refractivity contribution is 6.30. The lowest BCUT2D eigenvalue weighted by Crippen LogP contribution is -2.59. The van der Waals surface area contributed by atoms with Crippen LogP contribution in [0.4, 0.5) is 11.4 Å². The highest BCUT2D eigenvalue weighted by atomic mass is 35.5. The van der Waals surface area contributed by atoms with E-state index in [1.54, 1.807) is 50.2 Å². The van der Waals surface area contributed by atoms with Crippen molar-refractivity contribution in [1.29, 1.82) is 0 Å². The van der Waals surface area contributed by atoms with Crippen LogP contribution in [0.2, 0.25) is 5.02 Å². The van der Waals surface area contributed by atoms with Crippen LogP contribution in [-0.4, -0.2) is 24.0 Å². The Hall–Kier alpha value is -2.53. The molecular formula is C18H17ClN2O3. The molecule has 24 heavy (non-hydrogen) atoms. The molecule has 0 spiro atoms. The maximum Gasteiger partial charge on any atom is 0.265 e. The number of fused-ring (bicyclic) bond motifs is 1. The molecule has 2 aromatic carbocycles. The van der Waals surface area contributed by atoms with Crippen LogP contribution >= 0.6 is 11.6 Å². The zero-order chi connectivity index (χ0) is 17.3. The van der Waals surface area contributed by atoms with Gasteiger partial charge in [0.2, 0.25) is 5.91 Å². The first-order chi connectivity index (χ1) is 11.4. The van der Waals surface area contributed by atoms with Crippen molar-refractivity contribution >= 4 is 34.8 Å². The van der Waals surface area contributed by atoms with Crippen LogP contribution in [-0.2, 0) is 9.59 Å². The molecule has 6 heteroatoms. The third kappa shape index (κ3) is 2.95. The van der Waals surface area contributed by atoms with E-state index in [1.807, 2.05) is 12.1 Å². The SMILES string of the molecule is CC1(C)C(=O)Nc2ccccc2N1C(=O)COc1cccc(Cl)c1. The van der Waals surface area contributed by atoms with Crippen LogP contribution in [0, 0.1) is 0 Å². The topological polar surface area (TPSA) is 58.6 Å². The van der Waals surface area contributed by atoms with Crippen molar-refractivity contribution in [3.05, 3.63) is 53.6 Å². The van der Waals surface area contributed by atoms with Gasteiger partial charge in [-0.15, -0.1) is 0 Å². The highest BCUT2D eigenvalue weighted by Gasteiger charge is 2.43. The summed E-state index contributed by atoms with van der Waals surface area (Å²) < 4.78 is 5.54. The van der Waals surface area contributed by atoms with E-state index < -0.39 is 5.54 Å². The van der Waals surface area contributed by atoms with Gasteiger partial charge in [0, 0.05) is 5.02 Å². The van der Waals surface area contributed by atoms with E-state index >= 15 is 0 Å². The number of para-hydroxylation sites is 2. The van der Waals surface area contributed by atoms with Crippen LogP contribution < -0.4 is 15.0 Å². The Balaban J connectivity index is 1.86. The fourth-order valence-electron chi connectivity index (χ4n) is 2.66. The largest absolute Gasteiger partial charge is 0.484 e. The number of amides is 2. The summed E-state index contributed by atoms with van der Waals surface area (Å²) >= 11 is 5.91. The average molecular weight is 345 g/mol. The molecule has 5 nitrogen and oxygen atoms in total. The molecule has 124 valence electrons. The van der Waals surface area contributed by atoms with Gasteiger partial charge in [-0.25, -0.2) is 0 Å². The Kier molecular flexibility index (Phi) is 4.20. The number of carbonyl (C=O) groups excluding carboxylic acids is 2. The Morgan fingerprint density at radius 1 is 1.21 bits per heavy atom. The Morgan fingerprint density at radius 3 is 2.71 bits per heavy atom. The van der Waals surface area contributed by atoms with Gasteiger partial charge < -0.3 is 10.1 Å². The second-order valence-electron chi connectivity index (χ2n) is 6.01. The third-order valence-electron chi connectivity index (χ3n) is 3.92. The lowest BCUT2D eigenvalue weighted by molar-refractivity contribution is -0.127. The normalized spacial score (nSPS) is 15.5. The molecule has 1 heterocycles. The van der Waals surface area contributed by atoms with Gasteiger partial charge in [-0.05, 0) is 44.2 Å². The molecule has 1 N–H and O–H groups in total. The van der Waals surface area contributed by atoms with E-state index in [2.05, 4.69) is 5.32 Å². The number of hydrogen-bond acceptors (Lipinski definition) is 3. The molecule has 0 fully saturated rings. The van der Waals surface area contributed by atoms with Crippen LogP contribution in [0.25, 0.3) is 0 Å². The first kappa shape index (κ1) is 16.3. The van der Waals surface area contributed by atoms with E-state index in [0.29, 0.717) is 22.1 Å². The smallest absolute Gasteiger partial charge is 0.265 e. The maximum atomic E-state index is 12.8. The quantitative estimate of drug-likeness (QED) is 0.927. The number of halogens is 1. The molecule has 0 aliphatic carbocycles. The van der Waals surface area contributed by atoms with Crippen molar-refractivity contribution in [3.8, 4) is 5.75 Å². The molecule has 3 rings (SSSR count). The van der Waals surface area contributed by atoms with Crippen molar-refractivity contribution in [1.82, 2.24) is 0 Å². The minimum Gasteiger partial charge on any atom is -0.484 e. The predicted molar refractivity (Wildman–Crippen MR) is 93.6 cm³/mol. The van der Waals surface area contributed by atoms with E-state index in [1.165, 1.54) is 4.90 Å². The molecule has 1 aliphatic heterocycles. The van der Waals surface area contributed by atoms with Gasteiger partial charge in [-0.2, -0.15) is 0 Å². The summed E-state index contributed by atoms with van der Waals surface area (Å²) in [6, 6.07) is 14.0. The van der Waals surface area contributed by atoms with E-state index in [0.717, 1.165) is 0 Å². The van der Waals surface area contributed by atoms with Gasteiger partial charge in [0.05, 0.1) is 11.4 Å². The van der Waals surface area contributed by atoms with Crippen molar-refractivity contribution in [3.63, 3.8) is 0 Å². The minimum absolute atomic E-state index is 0.189. The summed E-state index contributed by atoms with van der Waals surface area (Å²) in [5, 5.41) is 3.36. The molecule has 0 atom stereocenters. The fraction of sp³-hybridized carbons (Fsp3) is 0.222. The molecule has 1 aliphatic rings. The van der Waals surface area contributed by atoms with Gasteiger partial charge in [0.1, 0.15) is 11.3 Å². The molecule has 0 radical (unpaired) electrons. The van der Waals surface area contributed by atoms with Crippen molar-refractivity contribution < 1.29 is 14.3 Å². The molecule has 0 aromatic heterocycles. The summed E-state index contributed by atoms with van der Waals surface area (Å²) in [6.45, 7) is 3.22. The fourth-order valence-corrected chi connectivity index (χ4v) is 2.85. The van der Waals surface area contributed by atoms with Gasteiger partial charge in [0.25, 0.3) is 5.91 Å². The first-order valence-electron chi connectivity index (χ1n) is 7.51. The summed E-state index contributed by atoms with van der Waals surface area (Å²) in [5.41, 5.74) is 0.253. The van der Waals surface area contributed by atoms with Gasteiger partial charge in [-0.3, -0.25) is 14.5 Å². The zero-order valence-electron chi connectivity index (χ0n) is 13.4. The average Bonchev–Trinajstić information content (AvgIpc) is 2.54. The number of benzene rings is 2. The molecule has 2 aromatic rings.